The molecule has 0 bridgehead atoms. The van der Waals surface area contributed by atoms with Crippen molar-refractivity contribution in [2.45, 2.75) is 58.5 Å². The fourth-order valence-corrected chi connectivity index (χ4v) is 8.37. The molecule has 0 spiro atoms. The quantitative estimate of drug-likeness (QED) is 0.699. The molecule has 2 atom stereocenters. The molecule has 0 amide bonds. The van der Waals surface area contributed by atoms with Crippen LogP contribution in [0.2, 0.25) is 0 Å². The monoisotopic (exact) mass is 296 g/mol. The summed E-state index contributed by atoms with van der Waals surface area (Å²) >= 11 is 0. The van der Waals surface area contributed by atoms with Gasteiger partial charge in [-0.3, -0.25) is 9.09 Å². The first-order valence-electron chi connectivity index (χ1n) is 6.63. The smallest absolute Gasteiger partial charge is 0.321 e. The topological polar surface area (TPSA) is 52.6 Å². The first-order chi connectivity index (χ1) is 8.10. The molecule has 108 valence electrons. The standard InChI is InChI=1S/C12H26O4P2/c1-7-15-18(14)11(4,5)10-12(6,16-18)17(13,8-2)9-3/h7-10H2,1-6H3. The lowest BCUT2D eigenvalue weighted by Gasteiger charge is -2.32. The van der Waals surface area contributed by atoms with E-state index in [1.165, 1.54) is 0 Å². The Morgan fingerprint density at radius 1 is 1.22 bits per heavy atom. The average molecular weight is 296 g/mol. The molecule has 0 aliphatic carbocycles. The van der Waals surface area contributed by atoms with Gasteiger partial charge in [0.15, 0.2) is 0 Å². The lowest BCUT2D eigenvalue weighted by Crippen LogP contribution is -2.28. The van der Waals surface area contributed by atoms with Crippen molar-refractivity contribution >= 4 is 14.7 Å². The van der Waals surface area contributed by atoms with Crippen molar-refractivity contribution in [2.24, 2.45) is 0 Å². The molecule has 0 N–H and O–H groups in total. The summed E-state index contributed by atoms with van der Waals surface area (Å²) in [7, 11) is -5.69. The molecular weight excluding hydrogens is 270 g/mol. The normalized spacial score (nSPS) is 35.9. The molecule has 1 rings (SSSR count). The van der Waals surface area contributed by atoms with E-state index in [1.807, 2.05) is 34.6 Å². The summed E-state index contributed by atoms with van der Waals surface area (Å²) in [6, 6.07) is 0. The zero-order valence-corrected chi connectivity index (χ0v) is 14.1. The van der Waals surface area contributed by atoms with E-state index in [1.54, 1.807) is 6.92 Å². The van der Waals surface area contributed by atoms with Crippen molar-refractivity contribution in [3.63, 3.8) is 0 Å². The van der Waals surface area contributed by atoms with Crippen LogP contribution in [0.15, 0.2) is 0 Å². The Morgan fingerprint density at radius 2 is 1.72 bits per heavy atom. The molecular formula is C12H26O4P2. The van der Waals surface area contributed by atoms with Gasteiger partial charge in [-0.2, -0.15) is 0 Å². The molecule has 0 aromatic carbocycles. The summed E-state index contributed by atoms with van der Waals surface area (Å²) in [5, 5.41) is -1.39. The molecule has 6 heteroatoms. The fraction of sp³-hybridized carbons (Fsp3) is 1.00. The SMILES string of the molecule is CCOP1(=O)OC(C)(P(=O)(CC)CC)CC1(C)C. The molecule has 1 saturated heterocycles. The molecule has 4 nitrogen and oxygen atoms in total. The van der Waals surface area contributed by atoms with Crippen molar-refractivity contribution in [2.75, 3.05) is 18.9 Å². The highest BCUT2D eigenvalue weighted by Crippen LogP contribution is 2.78. The van der Waals surface area contributed by atoms with Gasteiger partial charge in [-0.25, -0.2) is 0 Å². The van der Waals surface area contributed by atoms with Gasteiger partial charge in [0.25, 0.3) is 0 Å². The Kier molecular flexibility index (Phi) is 4.61. The van der Waals surface area contributed by atoms with Gasteiger partial charge in [0.1, 0.15) is 12.5 Å². The van der Waals surface area contributed by atoms with Crippen molar-refractivity contribution in [1.29, 1.82) is 0 Å². The summed E-state index contributed by atoms with van der Waals surface area (Å²) in [4.78, 5) is 0. The van der Waals surface area contributed by atoms with Crippen LogP contribution < -0.4 is 0 Å². The largest absolute Gasteiger partial charge is 0.337 e. The molecule has 2 unspecified atom stereocenters. The van der Waals surface area contributed by atoms with Crippen molar-refractivity contribution < 1.29 is 18.2 Å². The first-order valence-corrected chi connectivity index (χ1v) is 10.3. The lowest BCUT2D eigenvalue weighted by atomic mass is 10.1. The second-order valence-electron chi connectivity index (χ2n) is 5.69. The Balaban J connectivity index is 3.19. The Bertz CT molecular complexity index is 397. The third-order valence-corrected chi connectivity index (χ3v) is 11.0. The third kappa shape index (κ3) is 2.38. The maximum absolute atomic E-state index is 13.0. The van der Waals surface area contributed by atoms with Crippen LogP contribution in [0.25, 0.3) is 0 Å². The van der Waals surface area contributed by atoms with Crippen molar-refractivity contribution in [1.82, 2.24) is 0 Å². The molecule has 1 aliphatic rings. The number of hydrogen-bond acceptors (Lipinski definition) is 4. The minimum absolute atomic E-state index is 0.347. The highest BCUT2D eigenvalue weighted by Gasteiger charge is 2.62. The zero-order chi connectivity index (χ0) is 14.2. The van der Waals surface area contributed by atoms with Gasteiger partial charge in [-0.1, -0.05) is 13.8 Å². The van der Waals surface area contributed by atoms with E-state index in [0.29, 0.717) is 25.4 Å². The summed E-state index contributed by atoms with van der Waals surface area (Å²) < 4.78 is 37.0. The van der Waals surface area contributed by atoms with Gasteiger partial charge in [-0.15, -0.1) is 0 Å². The van der Waals surface area contributed by atoms with Gasteiger partial charge in [0, 0.05) is 18.7 Å². The number of rotatable bonds is 5. The van der Waals surface area contributed by atoms with Gasteiger partial charge < -0.3 is 9.09 Å². The highest BCUT2D eigenvalue weighted by atomic mass is 31.2. The van der Waals surface area contributed by atoms with E-state index in [9.17, 15) is 9.13 Å². The minimum atomic E-state index is -3.19. The third-order valence-electron chi connectivity index (χ3n) is 4.00. The van der Waals surface area contributed by atoms with E-state index in [4.69, 9.17) is 9.05 Å². The maximum Gasteiger partial charge on any atom is 0.337 e. The molecule has 0 aromatic heterocycles. The van der Waals surface area contributed by atoms with Gasteiger partial charge in [0.05, 0.1) is 11.8 Å². The summed E-state index contributed by atoms with van der Waals surface area (Å²) in [5.74, 6) is 0. The fourth-order valence-electron chi connectivity index (χ4n) is 2.80. The number of hydrogen-bond donors (Lipinski definition) is 0. The van der Waals surface area contributed by atoms with E-state index in [-0.39, 0.29) is 0 Å². The average Bonchev–Trinajstić information content (AvgIpc) is 2.45. The van der Waals surface area contributed by atoms with E-state index < -0.39 is 25.2 Å². The molecule has 0 saturated carbocycles. The zero-order valence-electron chi connectivity index (χ0n) is 12.4. The van der Waals surface area contributed by atoms with Gasteiger partial charge in [0.2, 0.25) is 0 Å². The summed E-state index contributed by atoms with van der Waals surface area (Å²) in [5.41, 5.74) is 0. The first kappa shape index (κ1) is 16.4. The Labute approximate surface area is 111 Å². The van der Waals surface area contributed by atoms with Crippen molar-refractivity contribution in [3.05, 3.63) is 0 Å². The molecule has 1 fully saturated rings. The predicted octanol–water partition coefficient (Wildman–Crippen LogP) is 4.53. The lowest BCUT2D eigenvalue weighted by molar-refractivity contribution is 0.157. The van der Waals surface area contributed by atoms with Crippen LogP contribution in [0.5, 0.6) is 0 Å². The van der Waals surface area contributed by atoms with E-state index in [0.717, 1.165) is 0 Å². The van der Waals surface area contributed by atoms with Crippen LogP contribution in [-0.4, -0.2) is 29.4 Å². The van der Waals surface area contributed by atoms with E-state index >= 15 is 0 Å². The summed E-state index contributed by atoms with van der Waals surface area (Å²) in [6.45, 7) is 11.6. The van der Waals surface area contributed by atoms with Crippen LogP contribution in [0.4, 0.5) is 0 Å². The van der Waals surface area contributed by atoms with Crippen LogP contribution in [0.1, 0.15) is 48.0 Å². The second-order valence-corrected chi connectivity index (χ2v) is 12.3. The van der Waals surface area contributed by atoms with Crippen LogP contribution in [-0.2, 0) is 18.2 Å². The predicted molar refractivity (Wildman–Crippen MR) is 76.1 cm³/mol. The molecule has 1 aliphatic heterocycles. The molecule has 0 radical (unpaired) electrons. The van der Waals surface area contributed by atoms with Gasteiger partial charge in [-0.05, 0) is 27.7 Å². The van der Waals surface area contributed by atoms with Crippen LogP contribution in [0, 0.1) is 0 Å². The Morgan fingerprint density at radius 3 is 2.11 bits per heavy atom. The van der Waals surface area contributed by atoms with Crippen LogP contribution >= 0.6 is 14.7 Å². The molecule has 0 aromatic rings. The van der Waals surface area contributed by atoms with E-state index in [2.05, 4.69) is 0 Å². The molecule has 1 heterocycles. The summed E-state index contributed by atoms with van der Waals surface area (Å²) in [6.07, 6.45) is 1.67. The van der Waals surface area contributed by atoms with Crippen LogP contribution in [0.3, 0.4) is 0 Å². The van der Waals surface area contributed by atoms with Gasteiger partial charge >= 0.3 is 7.60 Å². The molecule has 18 heavy (non-hydrogen) atoms. The minimum Gasteiger partial charge on any atom is -0.321 e. The Hall–Kier alpha value is 0.380. The second kappa shape index (κ2) is 5.05. The highest BCUT2D eigenvalue weighted by molar-refractivity contribution is 7.66. The maximum atomic E-state index is 13.0. The van der Waals surface area contributed by atoms with Crippen molar-refractivity contribution in [3.8, 4) is 0 Å².